The Morgan fingerprint density at radius 3 is 2.41 bits per heavy atom. The molecule has 4 nitrogen and oxygen atoms in total. The molecule has 2 aromatic heterocycles. The first kappa shape index (κ1) is 14.2. The molecule has 0 N–H and O–H groups in total. The summed E-state index contributed by atoms with van der Waals surface area (Å²) in [5.74, 6) is 0.679. The van der Waals surface area contributed by atoms with Gasteiger partial charge in [0.1, 0.15) is 0 Å². The van der Waals surface area contributed by atoms with E-state index >= 15 is 0 Å². The monoisotopic (exact) mass is 305 g/mol. The van der Waals surface area contributed by atoms with Crippen molar-refractivity contribution in [3.05, 3.63) is 54.2 Å². The van der Waals surface area contributed by atoms with E-state index in [0.717, 1.165) is 12.1 Å². The van der Waals surface area contributed by atoms with Crippen LogP contribution in [0.15, 0.2) is 47.1 Å². The molecule has 3 aromatic rings. The van der Waals surface area contributed by atoms with Gasteiger partial charge in [-0.05, 0) is 23.8 Å². The molecule has 0 unspecified atom stereocenters. The second-order valence-corrected chi connectivity index (χ2v) is 4.67. The Hall–Kier alpha value is -2.70. The fourth-order valence-electron chi connectivity index (χ4n) is 2.00. The molecule has 0 amide bonds. The average Bonchev–Trinajstić information content (AvgIpc) is 2.93. The molecule has 7 heteroatoms. The Balaban J connectivity index is 2.03. The van der Waals surface area contributed by atoms with Gasteiger partial charge >= 0.3 is 6.18 Å². The van der Waals surface area contributed by atoms with E-state index in [4.69, 9.17) is 4.42 Å². The largest absolute Gasteiger partial charge is 0.421 e. The van der Waals surface area contributed by atoms with Gasteiger partial charge in [-0.2, -0.15) is 13.2 Å². The summed E-state index contributed by atoms with van der Waals surface area (Å²) in [4.78, 5) is 4.03. The third-order valence-corrected chi connectivity index (χ3v) is 3.03. The van der Waals surface area contributed by atoms with E-state index in [1.54, 1.807) is 19.1 Å². The van der Waals surface area contributed by atoms with Crippen LogP contribution >= 0.6 is 0 Å². The molecule has 0 radical (unpaired) electrons. The predicted molar refractivity (Wildman–Crippen MR) is 72.7 cm³/mol. The van der Waals surface area contributed by atoms with E-state index in [-0.39, 0.29) is 5.89 Å². The predicted octanol–water partition coefficient (Wildman–Crippen LogP) is 4.13. The van der Waals surface area contributed by atoms with Gasteiger partial charge in [0, 0.05) is 24.9 Å². The quantitative estimate of drug-likeness (QED) is 0.714. The zero-order valence-electron chi connectivity index (χ0n) is 11.4. The molecule has 22 heavy (non-hydrogen) atoms. The van der Waals surface area contributed by atoms with Crippen LogP contribution < -0.4 is 0 Å². The number of pyridine rings is 1. The van der Waals surface area contributed by atoms with Crippen molar-refractivity contribution < 1.29 is 17.6 Å². The maximum atomic E-state index is 12.8. The highest BCUT2D eigenvalue weighted by molar-refractivity contribution is 5.68. The fourth-order valence-corrected chi connectivity index (χ4v) is 2.00. The number of aromatic nitrogens is 3. The van der Waals surface area contributed by atoms with E-state index in [1.807, 2.05) is 0 Å². The minimum Gasteiger partial charge on any atom is -0.421 e. The van der Waals surface area contributed by atoms with Crippen molar-refractivity contribution in [3.63, 3.8) is 0 Å². The highest BCUT2D eigenvalue weighted by atomic mass is 19.4. The van der Waals surface area contributed by atoms with E-state index in [2.05, 4.69) is 15.2 Å². The average molecular weight is 305 g/mol. The van der Waals surface area contributed by atoms with Crippen LogP contribution in [0.5, 0.6) is 0 Å². The normalized spacial score (nSPS) is 11.6. The number of hydrogen-bond donors (Lipinski definition) is 0. The van der Waals surface area contributed by atoms with E-state index in [1.165, 1.54) is 18.5 Å². The Labute approximate surface area is 123 Å². The van der Waals surface area contributed by atoms with Crippen molar-refractivity contribution in [2.24, 2.45) is 0 Å². The van der Waals surface area contributed by atoms with Crippen LogP contribution in [0.4, 0.5) is 13.2 Å². The molecule has 0 spiro atoms. The Kier molecular flexibility index (Phi) is 3.40. The number of halogens is 3. The molecule has 0 aliphatic heterocycles. The summed E-state index contributed by atoms with van der Waals surface area (Å²) in [6, 6.07) is 6.73. The molecular weight excluding hydrogens is 295 g/mol. The zero-order valence-corrected chi connectivity index (χ0v) is 11.4. The smallest absolute Gasteiger partial charge is 0.416 e. The van der Waals surface area contributed by atoms with Gasteiger partial charge in [0.25, 0.3) is 0 Å². The van der Waals surface area contributed by atoms with Crippen molar-refractivity contribution >= 4 is 0 Å². The number of nitrogens with zero attached hydrogens (tertiary/aromatic N) is 3. The Morgan fingerprint density at radius 2 is 1.73 bits per heavy atom. The van der Waals surface area contributed by atoms with Crippen LogP contribution in [0.25, 0.3) is 22.6 Å². The molecule has 0 bridgehead atoms. The summed E-state index contributed by atoms with van der Waals surface area (Å²) in [5.41, 5.74) is 0.805. The van der Waals surface area contributed by atoms with E-state index in [0.29, 0.717) is 22.6 Å². The number of rotatable bonds is 2. The van der Waals surface area contributed by atoms with Gasteiger partial charge in [-0.1, -0.05) is 12.1 Å². The molecule has 0 aliphatic rings. The number of hydrogen-bond acceptors (Lipinski definition) is 4. The molecular formula is C15H10F3N3O. The van der Waals surface area contributed by atoms with Gasteiger partial charge in [-0.25, -0.2) is 0 Å². The van der Waals surface area contributed by atoms with Crippen molar-refractivity contribution in [3.8, 4) is 22.6 Å². The lowest BCUT2D eigenvalue weighted by Gasteiger charge is -2.09. The van der Waals surface area contributed by atoms with Crippen LogP contribution in [0, 0.1) is 6.92 Å². The van der Waals surface area contributed by atoms with Crippen LogP contribution in [0.3, 0.4) is 0 Å². The number of aryl methyl sites for hydroxylation is 1. The topological polar surface area (TPSA) is 51.8 Å². The van der Waals surface area contributed by atoms with Gasteiger partial charge in [0.05, 0.1) is 11.1 Å². The highest BCUT2D eigenvalue weighted by Gasteiger charge is 2.30. The maximum absolute atomic E-state index is 12.8. The maximum Gasteiger partial charge on any atom is 0.416 e. The standard InChI is InChI=1S/C15H10F3N3O/c1-9-20-21-14(22-9)12-5-11(7-19-8-12)10-3-2-4-13(6-10)15(16,17)18/h2-8H,1H3. The summed E-state index contributed by atoms with van der Waals surface area (Å²) < 4.78 is 43.6. The summed E-state index contributed by atoms with van der Waals surface area (Å²) in [7, 11) is 0. The lowest BCUT2D eigenvalue weighted by molar-refractivity contribution is -0.137. The molecule has 0 saturated heterocycles. The third-order valence-electron chi connectivity index (χ3n) is 3.03. The summed E-state index contributed by atoms with van der Waals surface area (Å²) in [6.45, 7) is 1.65. The summed E-state index contributed by atoms with van der Waals surface area (Å²) in [6.07, 6.45) is -1.38. The molecule has 112 valence electrons. The summed E-state index contributed by atoms with van der Waals surface area (Å²) in [5, 5.41) is 7.59. The van der Waals surface area contributed by atoms with E-state index in [9.17, 15) is 13.2 Å². The lowest BCUT2D eigenvalue weighted by atomic mass is 10.0. The zero-order chi connectivity index (χ0) is 15.7. The SMILES string of the molecule is Cc1nnc(-c2cncc(-c3cccc(C(F)(F)F)c3)c2)o1. The molecule has 0 fully saturated rings. The molecule has 2 heterocycles. The minimum absolute atomic E-state index is 0.277. The minimum atomic E-state index is -4.38. The molecule has 0 saturated carbocycles. The molecule has 1 aromatic carbocycles. The lowest BCUT2D eigenvalue weighted by Crippen LogP contribution is -2.04. The van der Waals surface area contributed by atoms with Crippen molar-refractivity contribution in [2.75, 3.05) is 0 Å². The number of alkyl halides is 3. The number of benzene rings is 1. The second kappa shape index (κ2) is 5.25. The van der Waals surface area contributed by atoms with Crippen molar-refractivity contribution in [1.82, 2.24) is 15.2 Å². The van der Waals surface area contributed by atoms with Gasteiger partial charge in [0.2, 0.25) is 11.8 Å². The van der Waals surface area contributed by atoms with Gasteiger partial charge in [-0.3, -0.25) is 4.98 Å². The van der Waals surface area contributed by atoms with E-state index < -0.39 is 11.7 Å². The van der Waals surface area contributed by atoms with Crippen LogP contribution in [-0.2, 0) is 6.18 Å². The van der Waals surface area contributed by atoms with Gasteiger partial charge < -0.3 is 4.42 Å². The second-order valence-electron chi connectivity index (χ2n) is 4.67. The van der Waals surface area contributed by atoms with Crippen LogP contribution in [0.1, 0.15) is 11.5 Å². The molecule has 0 atom stereocenters. The first-order valence-corrected chi connectivity index (χ1v) is 6.36. The van der Waals surface area contributed by atoms with Crippen molar-refractivity contribution in [2.45, 2.75) is 13.1 Å². The van der Waals surface area contributed by atoms with Gasteiger partial charge in [0.15, 0.2) is 0 Å². The third kappa shape index (κ3) is 2.83. The Bertz CT molecular complexity index is 812. The van der Waals surface area contributed by atoms with Crippen LogP contribution in [-0.4, -0.2) is 15.2 Å². The van der Waals surface area contributed by atoms with Gasteiger partial charge in [-0.15, -0.1) is 10.2 Å². The molecule has 3 rings (SSSR count). The fraction of sp³-hybridized carbons (Fsp3) is 0.133. The summed E-state index contributed by atoms with van der Waals surface area (Å²) >= 11 is 0. The molecule has 0 aliphatic carbocycles. The van der Waals surface area contributed by atoms with Crippen molar-refractivity contribution in [1.29, 1.82) is 0 Å². The first-order valence-electron chi connectivity index (χ1n) is 6.36. The highest BCUT2D eigenvalue weighted by Crippen LogP contribution is 2.32. The van der Waals surface area contributed by atoms with Crippen LogP contribution in [0.2, 0.25) is 0 Å². The first-order chi connectivity index (χ1) is 10.4. The Morgan fingerprint density at radius 1 is 0.955 bits per heavy atom.